The lowest BCUT2D eigenvalue weighted by Crippen LogP contribution is -2.68. The normalized spacial score (nSPS) is 27.4. The maximum absolute atomic E-state index is 13.0. The number of rotatable bonds is 4. The van der Waals surface area contributed by atoms with Crippen molar-refractivity contribution in [2.75, 3.05) is 12.0 Å². The van der Waals surface area contributed by atoms with Crippen LogP contribution in [0.1, 0.15) is 26.3 Å². The molecular weight excluding hydrogens is 284 g/mol. The van der Waals surface area contributed by atoms with E-state index in [0.717, 1.165) is 11.3 Å². The zero-order chi connectivity index (χ0) is 15.6. The van der Waals surface area contributed by atoms with Crippen molar-refractivity contribution in [2.24, 2.45) is 0 Å². The van der Waals surface area contributed by atoms with Gasteiger partial charge in [0.25, 0.3) is 5.91 Å². The summed E-state index contributed by atoms with van der Waals surface area (Å²) in [6.07, 6.45) is 2.01. The monoisotopic (exact) mass is 306 g/mol. The number of nitrogens with one attached hydrogen (secondary N) is 1. The van der Waals surface area contributed by atoms with Crippen LogP contribution >= 0.6 is 11.8 Å². The summed E-state index contributed by atoms with van der Waals surface area (Å²) in [5.74, 6) is 0.671. The van der Waals surface area contributed by atoms with E-state index in [-0.39, 0.29) is 17.9 Å². The van der Waals surface area contributed by atoms with Gasteiger partial charge in [-0.05, 0) is 32.6 Å². The third-order valence-corrected chi connectivity index (χ3v) is 4.88. The second-order valence-electron chi connectivity index (χ2n) is 5.67. The SMILES string of the molecule is CSCC(C)N1C(=O)C(C)(c2ccccc2)NC(=O)C1C. The van der Waals surface area contributed by atoms with Crippen LogP contribution in [0.15, 0.2) is 30.3 Å². The number of piperazine rings is 1. The molecule has 4 nitrogen and oxygen atoms in total. The van der Waals surface area contributed by atoms with Gasteiger partial charge in [-0.3, -0.25) is 9.59 Å². The van der Waals surface area contributed by atoms with E-state index in [1.54, 1.807) is 30.5 Å². The Morgan fingerprint density at radius 2 is 1.95 bits per heavy atom. The molecule has 1 fully saturated rings. The molecule has 1 heterocycles. The Morgan fingerprint density at radius 1 is 1.33 bits per heavy atom. The van der Waals surface area contributed by atoms with Gasteiger partial charge >= 0.3 is 0 Å². The van der Waals surface area contributed by atoms with Gasteiger partial charge < -0.3 is 10.2 Å². The molecule has 0 aromatic heterocycles. The van der Waals surface area contributed by atoms with E-state index in [1.807, 2.05) is 43.5 Å². The van der Waals surface area contributed by atoms with E-state index < -0.39 is 11.6 Å². The molecule has 0 bridgehead atoms. The number of nitrogens with zero attached hydrogens (tertiary/aromatic N) is 1. The number of thioether (sulfide) groups is 1. The van der Waals surface area contributed by atoms with E-state index in [2.05, 4.69) is 5.32 Å². The molecule has 1 saturated heterocycles. The Kier molecular flexibility index (Phi) is 4.61. The molecule has 5 heteroatoms. The Hall–Kier alpha value is -1.49. The van der Waals surface area contributed by atoms with E-state index in [4.69, 9.17) is 0 Å². The molecule has 1 aromatic carbocycles. The van der Waals surface area contributed by atoms with Crippen LogP contribution in [0.2, 0.25) is 0 Å². The first-order valence-corrected chi connectivity index (χ1v) is 8.50. The van der Waals surface area contributed by atoms with Crippen LogP contribution in [0, 0.1) is 0 Å². The lowest BCUT2D eigenvalue weighted by atomic mass is 9.86. The molecule has 1 aromatic rings. The maximum atomic E-state index is 13.0. The minimum atomic E-state index is -0.989. The van der Waals surface area contributed by atoms with Crippen LogP contribution in [0.3, 0.4) is 0 Å². The number of hydrogen-bond donors (Lipinski definition) is 1. The largest absolute Gasteiger partial charge is 0.336 e. The van der Waals surface area contributed by atoms with Crippen molar-refractivity contribution >= 4 is 23.6 Å². The predicted octanol–water partition coefficient (Wildman–Crippen LogP) is 2.00. The van der Waals surface area contributed by atoms with Crippen LogP contribution in [0.25, 0.3) is 0 Å². The third kappa shape index (κ3) is 2.79. The highest BCUT2D eigenvalue weighted by molar-refractivity contribution is 7.98. The fourth-order valence-corrected chi connectivity index (χ4v) is 3.48. The molecule has 21 heavy (non-hydrogen) atoms. The van der Waals surface area contributed by atoms with Gasteiger partial charge in [-0.2, -0.15) is 11.8 Å². The first-order chi connectivity index (χ1) is 9.91. The number of carbonyl (C=O) groups excluding carboxylic acids is 2. The van der Waals surface area contributed by atoms with Crippen molar-refractivity contribution in [3.63, 3.8) is 0 Å². The lowest BCUT2D eigenvalue weighted by Gasteiger charge is -2.46. The smallest absolute Gasteiger partial charge is 0.253 e. The van der Waals surface area contributed by atoms with Crippen LogP contribution in [0.5, 0.6) is 0 Å². The van der Waals surface area contributed by atoms with Gasteiger partial charge in [0.05, 0.1) is 0 Å². The molecule has 0 radical (unpaired) electrons. The number of hydrogen-bond acceptors (Lipinski definition) is 3. The molecule has 1 N–H and O–H groups in total. The average molecular weight is 306 g/mol. The Labute approximate surface area is 130 Å². The first kappa shape index (κ1) is 15.9. The molecule has 1 aliphatic heterocycles. The molecule has 2 rings (SSSR count). The lowest BCUT2D eigenvalue weighted by molar-refractivity contribution is -0.156. The van der Waals surface area contributed by atoms with Crippen molar-refractivity contribution < 1.29 is 9.59 Å². The number of benzene rings is 1. The summed E-state index contributed by atoms with van der Waals surface area (Å²) in [7, 11) is 0. The Bertz CT molecular complexity index is 534. The summed E-state index contributed by atoms with van der Waals surface area (Å²) in [6.45, 7) is 5.57. The standard InChI is InChI=1S/C16H22N2O2S/c1-11(10-21-4)18-12(2)14(19)17-16(3,15(18)20)13-8-6-5-7-9-13/h5-9,11-12H,10H2,1-4H3,(H,17,19). The predicted molar refractivity (Wildman–Crippen MR) is 86.1 cm³/mol. The van der Waals surface area contributed by atoms with Crippen LogP contribution < -0.4 is 5.32 Å². The van der Waals surface area contributed by atoms with Crippen LogP contribution in [-0.2, 0) is 15.1 Å². The molecule has 0 spiro atoms. The fourth-order valence-electron chi connectivity index (χ4n) is 2.84. The summed E-state index contributed by atoms with van der Waals surface area (Å²) in [5, 5.41) is 2.90. The van der Waals surface area contributed by atoms with Gasteiger partial charge in [-0.25, -0.2) is 0 Å². The van der Waals surface area contributed by atoms with Crippen LogP contribution in [-0.4, -0.2) is 40.8 Å². The van der Waals surface area contributed by atoms with E-state index in [9.17, 15) is 9.59 Å². The van der Waals surface area contributed by atoms with Gasteiger partial charge in [0.15, 0.2) is 0 Å². The van der Waals surface area contributed by atoms with E-state index in [1.165, 1.54) is 0 Å². The molecular formula is C16H22N2O2S. The van der Waals surface area contributed by atoms with Crippen molar-refractivity contribution in [3.8, 4) is 0 Å². The molecule has 3 atom stereocenters. The van der Waals surface area contributed by atoms with Gasteiger partial charge in [0, 0.05) is 11.8 Å². The molecule has 1 aliphatic rings. The molecule has 2 amide bonds. The summed E-state index contributed by atoms with van der Waals surface area (Å²) in [6, 6.07) is 9.02. The third-order valence-electron chi connectivity index (χ3n) is 4.07. The molecule has 0 saturated carbocycles. The van der Waals surface area contributed by atoms with E-state index >= 15 is 0 Å². The topological polar surface area (TPSA) is 49.4 Å². The average Bonchev–Trinajstić information content (AvgIpc) is 2.47. The van der Waals surface area contributed by atoms with Gasteiger partial charge in [-0.1, -0.05) is 30.3 Å². The summed E-state index contributed by atoms with van der Waals surface area (Å²) >= 11 is 1.68. The van der Waals surface area contributed by atoms with Gasteiger partial charge in [-0.15, -0.1) is 0 Å². The van der Waals surface area contributed by atoms with Crippen molar-refractivity contribution in [1.82, 2.24) is 10.2 Å². The second-order valence-corrected chi connectivity index (χ2v) is 6.58. The highest BCUT2D eigenvalue weighted by Crippen LogP contribution is 2.30. The summed E-state index contributed by atoms with van der Waals surface area (Å²) in [5.41, 5.74) is -0.172. The summed E-state index contributed by atoms with van der Waals surface area (Å²) < 4.78 is 0. The highest BCUT2D eigenvalue weighted by atomic mass is 32.2. The quantitative estimate of drug-likeness (QED) is 0.925. The maximum Gasteiger partial charge on any atom is 0.253 e. The van der Waals surface area contributed by atoms with Crippen molar-refractivity contribution in [1.29, 1.82) is 0 Å². The van der Waals surface area contributed by atoms with Crippen LogP contribution in [0.4, 0.5) is 0 Å². The molecule has 3 unspecified atom stereocenters. The van der Waals surface area contributed by atoms with Crippen molar-refractivity contribution in [2.45, 2.75) is 38.4 Å². The molecule has 0 aliphatic carbocycles. The summed E-state index contributed by atoms with van der Waals surface area (Å²) in [4.78, 5) is 27.1. The number of carbonyl (C=O) groups is 2. The minimum Gasteiger partial charge on any atom is -0.336 e. The zero-order valence-electron chi connectivity index (χ0n) is 12.9. The second kappa shape index (κ2) is 6.10. The first-order valence-electron chi connectivity index (χ1n) is 7.11. The minimum absolute atomic E-state index is 0.0246. The fraction of sp³-hybridized carbons (Fsp3) is 0.500. The Balaban J connectivity index is 2.41. The Morgan fingerprint density at radius 3 is 2.52 bits per heavy atom. The molecule has 114 valence electrons. The van der Waals surface area contributed by atoms with E-state index in [0.29, 0.717) is 0 Å². The highest BCUT2D eigenvalue weighted by Gasteiger charge is 2.48. The van der Waals surface area contributed by atoms with Crippen molar-refractivity contribution in [3.05, 3.63) is 35.9 Å². The van der Waals surface area contributed by atoms with Gasteiger partial charge in [0.2, 0.25) is 5.91 Å². The zero-order valence-corrected chi connectivity index (χ0v) is 13.7. The number of amides is 2. The van der Waals surface area contributed by atoms with Gasteiger partial charge in [0.1, 0.15) is 11.6 Å².